The van der Waals surface area contributed by atoms with Gasteiger partial charge in [0.2, 0.25) is 5.82 Å². The van der Waals surface area contributed by atoms with Crippen molar-refractivity contribution in [3.63, 3.8) is 0 Å². The van der Waals surface area contributed by atoms with Crippen LogP contribution in [0.15, 0.2) is 47.1 Å². The zero-order valence-corrected chi connectivity index (χ0v) is 18.6. The van der Waals surface area contributed by atoms with Crippen LogP contribution in [0.2, 0.25) is 5.02 Å². The van der Waals surface area contributed by atoms with E-state index in [-0.39, 0.29) is 6.04 Å². The van der Waals surface area contributed by atoms with Crippen LogP contribution in [-0.2, 0) is 13.1 Å². The molecule has 0 spiro atoms. The molecule has 1 aromatic carbocycles. The molecule has 0 radical (unpaired) electrons. The molecule has 0 aliphatic heterocycles. The van der Waals surface area contributed by atoms with E-state index in [1.165, 1.54) is 29.7 Å². The molecule has 2 atom stereocenters. The van der Waals surface area contributed by atoms with Crippen molar-refractivity contribution in [2.75, 3.05) is 0 Å². The average molecular weight is 429 g/mol. The number of hydrogen-bond donors (Lipinski definition) is 1. The standard InChI is InChI=1S/C23H30ClN5O/c1-17(2)22(23-25-26-27-29(23)20-7-4-3-5-8-20)28(16-21-9-6-14-30-21)15-18-10-12-19(24)13-11-18/h6,9-14,17,20,22H,3-5,7-8,15-16H2,1-2H3/p+1/t22-/m0/s1. The van der Waals surface area contributed by atoms with E-state index < -0.39 is 0 Å². The van der Waals surface area contributed by atoms with Crippen molar-refractivity contribution in [3.8, 4) is 0 Å². The minimum Gasteiger partial charge on any atom is -0.463 e. The number of rotatable bonds is 8. The molecule has 2 heterocycles. The third-order valence-corrected chi connectivity index (χ3v) is 6.40. The van der Waals surface area contributed by atoms with Crippen molar-refractivity contribution in [3.05, 3.63) is 64.8 Å². The van der Waals surface area contributed by atoms with Gasteiger partial charge in [0.05, 0.1) is 12.3 Å². The van der Waals surface area contributed by atoms with Gasteiger partial charge < -0.3 is 9.32 Å². The topological polar surface area (TPSA) is 61.2 Å². The monoisotopic (exact) mass is 428 g/mol. The summed E-state index contributed by atoms with van der Waals surface area (Å²) in [5.74, 6) is 2.34. The van der Waals surface area contributed by atoms with E-state index in [0.717, 1.165) is 42.5 Å². The number of halogens is 1. The second-order valence-corrected chi connectivity index (χ2v) is 9.15. The second kappa shape index (κ2) is 9.75. The molecule has 1 aliphatic carbocycles. The van der Waals surface area contributed by atoms with E-state index in [1.54, 1.807) is 6.26 Å². The van der Waals surface area contributed by atoms with Gasteiger partial charge in [0, 0.05) is 16.5 Å². The van der Waals surface area contributed by atoms with Crippen LogP contribution >= 0.6 is 11.6 Å². The number of quaternary nitrogens is 1. The molecule has 1 aliphatic rings. The molecule has 6 nitrogen and oxygen atoms in total. The fraction of sp³-hybridized carbons (Fsp3) is 0.522. The highest BCUT2D eigenvalue weighted by atomic mass is 35.5. The summed E-state index contributed by atoms with van der Waals surface area (Å²) in [6.45, 7) is 6.14. The van der Waals surface area contributed by atoms with E-state index in [2.05, 4.69) is 46.2 Å². The molecule has 0 saturated heterocycles. The third-order valence-electron chi connectivity index (χ3n) is 6.15. The molecule has 1 saturated carbocycles. The van der Waals surface area contributed by atoms with Crippen LogP contribution in [-0.4, -0.2) is 20.2 Å². The number of furan rings is 1. The Morgan fingerprint density at radius 3 is 2.53 bits per heavy atom. The van der Waals surface area contributed by atoms with Gasteiger partial charge in [-0.15, -0.1) is 5.10 Å². The highest BCUT2D eigenvalue weighted by Crippen LogP contribution is 2.30. The summed E-state index contributed by atoms with van der Waals surface area (Å²) in [5, 5.41) is 13.9. The number of nitrogens with one attached hydrogen (secondary N) is 1. The van der Waals surface area contributed by atoms with Crippen LogP contribution in [0.1, 0.15) is 75.2 Å². The molecular formula is C23H31ClN5O+. The Hall–Kier alpha value is -2.18. The van der Waals surface area contributed by atoms with Gasteiger partial charge in [-0.25, -0.2) is 4.68 Å². The van der Waals surface area contributed by atoms with Crippen molar-refractivity contribution in [2.24, 2.45) is 5.92 Å². The van der Waals surface area contributed by atoms with Gasteiger partial charge in [0.15, 0.2) is 11.8 Å². The predicted molar refractivity (Wildman–Crippen MR) is 116 cm³/mol. The summed E-state index contributed by atoms with van der Waals surface area (Å²) in [4.78, 5) is 1.37. The van der Waals surface area contributed by atoms with Crippen molar-refractivity contribution >= 4 is 11.6 Å². The first-order valence-electron chi connectivity index (χ1n) is 11.0. The van der Waals surface area contributed by atoms with E-state index in [1.807, 2.05) is 24.3 Å². The Balaban J connectivity index is 1.66. The fourth-order valence-electron chi connectivity index (χ4n) is 4.73. The second-order valence-electron chi connectivity index (χ2n) is 8.71. The SMILES string of the molecule is CC(C)[C@@H](c1nnnn1C1CCCCC1)[NH+](Cc1ccc(Cl)cc1)Cc1ccco1. The van der Waals surface area contributed by atoms with Crippen LogP contribution in [0.4, 0.5) is 0 Å². The summed E-state index contributed by atoms with van der Waals surface area (Å²) in [5.41, 5.74) is 1.24. The molecule has 2 aromatic heterocycles. The number of aromatic nitrogens is 4. The van der Waals surface area contributed by atoms with Gasteiger partial charge in [0.1, 0.15) is 13.1 Å². The summed E-state index contributed by atoms with van der Waals surface area (Å²) in [6, 6.07) is 12.7. The van der Waals surface area contributed by atoms with Crippen LogP contribution in [0.25, 0.3) is 0 Å². The van der Waals surface area contributed by atoms with Crippen molar-refractivity contribution in [1.29, 1.82) is 0 Å². The largest absolute Gasteiger partial charge is 0.463 e. The Morgan fingerprint density at radius 1 is 1.10 bits per heavy atom. The lowest BCUT2D eigenvalue weighted by Crippen LogP contribution is -3.10. The molecule has 1 fully saturated rings. The van der Waals surface area contributed by atoms with Crippen molar-refractivity contribution in [1.82, 2.24) is 20.2 Å². The molecule has 3 aromatic rings. The summed E-state index contributed by atoms with van der Waals surface area (Å²) in [7, 11) is 0. The minimum atomic E-state index is 0.155. The number of benzene rings is 1. The van der Waals surface area contributed by atoms with Gasteiger partial charge in [-0.05, 0) is 47.5 Å². The maximum Gasteiger partial charge on any atom is 0.209 e. The number of hydrogen-bond acceptors (Lipinski definition) is 4. The van der Waals surface area contributed by atoms with Crippen LogP contribution < -0.4 is 4.90 Å². The normalized spacial score (nSPS) is 17.3. The molecular weight excluding hydrogens is 398 g/mol. The number of tetrazole rings is 1. The Bertz CT molecular complexity index is 900. The summed E-state index contributed by atoms with van der Waals surface area (Å²) in [6.07, 6.45) is 7.88. The molecule has 30 heavy (non-hydrogen) atoms. The van der Waals surface area contributed by atoms with Crippen molar-refractivity contribution < 1.29 is 9.32 Å². The molecule has 0 bridgehead atoms. The first kappa shape index (κ1) is 21.1. The van der Waals surface area contributed by atoms with Gasteiger partial charge >= 0.3 is 0 Å². The van der Waals surface area contributed by atoms with Gasteiger partial charge in [0.25, 0.3) is 0 Å². The Labute approximate surface area is 183 Å². The van der Waals surface area contributed by atoms with Gasteiger partial charge in [-0.1, -0.05) is 56.8 Å². The van der Waals surface area contributed by atoms with Crippen LogP contribution in [0, 0.1) is 5.92 Å². The first-order valence-corrected chi connectivity index (χ1v) is 11.4. The highest BCUT2D eigenvalue weighted by molar-refractivity contribution is 6.30. The van der Waals surface area contributed by atoms with Gasteiger partial charge in [-0.2, -0.15) is 0 Å². The van der Waals surface area contributed by atoms with E-state index >= 15 is 0 Å². The summed E-state index contributed by atoms with van der Waals surface area (Å²) >= 11 is 6.11. The fourth-order valence-corrected chi connectivity index (χ4v) is 4.85. The zero-order chi connectivity index (χ0) is 20.9. The maximum absolute atomic E-state index is 6.11. The highest BCUT2D eigenvalue weighted by Gasteiger charge is 2.35. The lowest BCUT2D eigenvalue weighted by molar-refractivity contribution is -0.963. The lowest BCUT2D eigenvalue weighted by atomic mass is 9.94. The Kier molecular flexibility index (Phi) is 6.85. The van der Waals surface area contributed by atoms with E-state index in [0.29, 0.717) is 12.0 Å². The van der Waals surface area contributed by atoms with Crippen molar-refractivity contribution in [2.45, 2.75) is 71.1 Å². The molecule has 7 heteroatoms. The third kappa shape index (κ3) is 4.93. The Morgan fingerprint density at radius 2 is 1.87 bits per heavy atom. The molecule has 1 unspecified atom stereocenters. The molecule has 1 N–H and O–H groups in total. The first-order chi connectivity index (χ1) is 14.6. The zero-order valence-electron chi connectivity index (χ0n) is 17.8. The summed E-state index contributed by atoms with van der Waals surface area (Å²) < 4.78 is 7.83. The minimum absolute atomic E-state index is 0.155. The maximum atomic E-state index is 6.11. The quantitative estimate of drug-likeness (QED) is 0.577. The predicted octanol–water partition coefficient (Wildman–Crippen LogP) is 4.41. The van der Waals surface area contributed by atoms with Gasteiger partial charge in [-0.3, -0.25) is 0 Å². The average Bonchev–Trinajstić information content (AvgIpc) is 3.43. The van der Waals surface area contributed by atoms with E-state index in [9.17, 15) is 0 Å². The molecule has 4 rings (SSSR count). The number of nitrogens with zero attached hydrogens (tertiary/aromatic N) is 4. The molecule has 0 amide bonds. The van der Waals surface area contributed by atoms with Crippen LogP contribution in [0.5, 0.6) is 0 Å². The lowest BCUT2D eigenvalue weighted by Gasteiger charge is -2.31. The molecule has 160 valence electrons. The van der Waals surface area contributed by atoms with E-state index in [4.69, 9.17) is 16.0 Å². The smallest absolute Gasteiger partial charge is 0.209 e. The van der Waals surface area contributed by atoms with Crippen LogP contribution in [0.3, 0.4) is 0 Å².